The summed E-state index contributed by atoms with van der Waals surface area (Å²) in [6.07, 6.45) is 3.55. The van der Waals surface area contributed by atoms with Crippen LogP contribution >= 0.6 is 0 Å². The molecule has 4 aromatic rings. The third-order valence-electron chi connectivity index (χ3n) is 5.17. The van der Waals surface area contributed by atoms with Gasteiger partial charge in [0.1, 0.15) is 5.75 Å². The van der Waals surface area contributed by atoms with E-state index in [9.17, 15) is 9.59 Å². The number of unbranched alkanes of at least 4 members (excludes halogenated alkanes) is 1. The lowest BCUT2D eigenvalue weighted by molar-refractivity contribution is 0.339. The van der Waals surface area contributed by atoms with E-state index in [0.29, 0.717) is 30.1 Å². The van der Waals surface area contributed by atoms with Crippen LogP contribution in [0.1, 0.15) is 32.4 Å². The first-order chi connectivity index (χ1) is 14.0. The summed E-state index contributed by atoms with van der Waals surface area (Å²) in [5.74, 6) is 1.31. The predicted molar refractivity (Wildman–Crippen MR) is 112 cm³/mol. The number of para-hydroxylation sites is 2. The average Bonchev–Trinajstić information content (AvgIpc) is 3.22. The van der Waals surface area contributed by atoms with Gasteiger partial charge in [-0.1, -0.05) is 25.5 Å². The standard InChI is InChI=1S/C21H25N5O3/c1-5-7-12-24-19(27)17-18(23(4)21(24)28)22-20-25(17)13-14(3)26(20)15-10-8-9-11-16(15)29-6-2/h8-11,13H,5-7,12H2,1-4H3. The van der Waals surface area contributed by atoms with Crippen molar-refractivity contribution in [2.75, 3.05) is 6.61 Å². The predicted octanol–water partition coefficient (Wildman–Crippen LogP) is 2.65. The fourth-order valence-corrected chi connectivity index (χ4v) is 3.74. The van der Waals surface area contributed by atoms with E-state index in [4.69, 9.17) is 4.74 Å². The zero-order chi connectivity index (χ0) is 20.7. The van der Waals surface area contributed by atoms with Crippen molar-refractivity contribution in [2.24, 2.45) is 7.05 Å². The van der Waals surface area contributed by atoms with E-state index in [0.717, 1.165) is 30.0 Å². The highest BCUT2D eigenvalue weighted by Crippen LogP contribution is 2.27. The Hall–Kier alpha value is -3.29. The Morgan fingerprint density at radius 2 is 1.90 bits per heavy atom. The molecule has 0 N–H and O–H groups in total. The molecule has 0 radical (unpaired) electrons. The first kappa shape index (κ1) is 19.0. The number of ether oxygens (including phenoxy) is 1. The van der Waals surface area contributed by atoms with Gasteiger partial charge in [0, 0.05) is 25.5 Å². The highest BCUT2D eigenvalue weighted by molar-refractivity contribution is 5.76. The first-order valence-electron chi connectivity index (χ1n) is 9.91. The summed E-state index contributed by atoms with van der Waals surface area (Å²) in [5, 5.41) is 0. The van der Waals surface area contributed by atoms with E-state index in [2.05, 4.69) is 4.98 Å². The van der Waals surface area contributed by atoms with E-state index in [1.165, 1.54) is 9.13 Å². The molecule has 0 fully saturated rings. The van der Waals surface area contributed by atoms with Crippen molar-refractivity contribution >= 4 is 16.9 Å². The summed E-state index contributed by atoms with van der Waals surface area (Å²) in [5.41, 5.74) is 1.90. The number of benzene rings is 1. The van der Waals surface area contributed by atoms with Gasteiger partial charge in [-0.05, 0) is 32.4 Å². The molecule has 8 heteroatoms. The van der Waals surface area contributed by atoms with Gasteiger partial charge in [0.15, 0.2) is 11.2 Å². The van der Waals surface area contributed by atoms with Crippen molar-refractivity contribution in [1.82, 2.24) is 23.1 Å². The number of aromatic nitrogens is 5. The first-order valence-corrected chi connectivity index (χ1v) is 9.91. The number of rotatable bonds is 6. The van der Waals surface area contributed by atoms with Crippen LogP contribution in [0.2, 0.25) is 0 Å². The van der Waals surface area contributed by atoms with Crippen molar-refractivity contribution < 1.29 is 4.74 Å². The van der Waals surface area contributed by atoms with Crippen LogP contribution in [0, 0.1) is 6.92 Å². The number of hydrogen-bond donors (Lipinski definition) is 0. The number of hydrogen-bond acceptors (Lipinski definition) is 4. The van der Waals surface area contributed by atoms with E-state index >= 15 is 0 Å². The smallest absolute Gasteiger partial charge is 0.332 e. The molecular formula is C21H25N5O3. The molecule has 29 heavy (non-hydrogen) atoms. The van der Waals surface area contributed by atoms with Crippen LogP contribution in [0.5, 0.6) is 5.75 Å². The summed E-state index contributed by atoms with van der Waals surface area (Å²) in [7, 11) is 1.66. The van der Waals surface area contributed by atoms with Gasteiger partial charge < -0.3 is 4.74 Å². The second kappa shape index (κ2) is 7.27. The van der Waals surface area contributed by atoms with Crippen molar-refractivity contribution in [3.63, 3.8) is 0 Å². The van der Waals surface area contributed by atoms with Gasteiger partial charge in [-0.15, -0.1) is 0 Å². The minimum Gasteiger partial charge on any atom is -0.492 e. The number of aryl methyl sites for hydroxylation is 2. The van der Waals surface area contributed by atoms with E-state index in [-0.39, 0.29) is 11.2 Å². The fourth-order valence-electron chi connectivity index (χ4n) is 3.74. The van der Waals surface area contributed by atoms with Crippen molar-refractivity contribution in [2.45, 2.75) is 40.2 Å². The van der Waals surface area contributed by atoms with Crippen molar-refractivity contribution in [3.05, 3.63) is 57.0 Å². The van der Waals surface area contributed by atoms with E-state index in [1.807, 2.05) is 55.8 Å². The normalized spacial score (nSPS) is 11.6. The molecule has 0 unspecified atom stereocenters. The van der Waals surface area contributed by atoms with Crippen molar-refractivity contribution in [3.8, 4) is 11.4 Å². The Bertz CT molecular complexity index is 1320. The minimum absolute atomic E-state index is 0.306. The summed E-state index contributed by atoms with van der Waals surface area (Å²) >= 11 is 0. The molecule has 8 nitrogen and oxygen atoms in total. The lowest BCUT2D eigenvalue weighted by Gasteiger charge is -2.12. The molecule has 0 aliphatic carbocycles. The average molecular weight is 395 g/mol. The largest absolute Gasteiger partial charge is 0.492 e. The molecule has 0 bridgehead atoms. The second-order valence-electron chi connectivity index (χ2n) is 7.11. The zero-order valence-corrected chi connectivity index (χ0v) is 17.2. The Morgan fingerprint density at radius 1 is 1.14 bits per heavy atom. The highest BCUT2D eigenvalue weighted by Gasteiger charge is 2.21. The summed E-state index contributed by atoms with van der Waals surface area (Å²) in [4.78, 5) is 30.6. The van der Waals surface area contributed by atoms with Crippen LogP contribution in [0.25, 0.3) is 22.6 Å². The second-order valence-corrected chi connectivity index (χ2v) is 7.11. The quantitative estimate of drug-likeness (QED) is 0.503. The van der Waals surface area contributed by atoms with Crippen molar-refractivity contribution in [1.29, 1.82) is 0 Å². The van der Waals surface area contributed by atoms with E-state index in [1.54, 1.807) is 11.4 Å². The summed E-state index contributed by atoms with van der Waals surface area (Å²) < 4.78 is 12.3. The van der Waals surface area contributed by atoms with Gasteiger partial charge >= 0.3 is 5.69 Å². The van der Waals surface area contributed by atoms with Gasteiger partial charge in [0.05, 0.1) is 12.3 Å². The van der Waals surface area contributed by atoms with Crippen LogP contribution < -0.4 is 16.0 Å². The molecular weight excluding hydrogens is 370 g/mol. The fraction of sp³-hybridized carbons (Fsp3) is 0.381. The number of imidazole rings is 2. The molecule has 0 spiro atoms. The van der Waals surface area contributed by atoms with Crippen LogP contribution in [0.3, 0.4) is 0 Å². The molecule has 0 saturated carbocycles. The number of nitrogens with zero attached hydrogens (tertiary/aromatic N) is 5. The lowest BCUT2D eigenvalue weighted by Crippen LogP contribution is -2.39. The maximum atomic E-state index is 13.2. The molecule has 3 aromatic heterocycles. The Kier molecular flexibility index (Phi) is 4.77. The molecule has 0 aliphatic heterocycles. The SMILES string of the molecule is CCCCn1c(=O)c2c(nc3n(-c4ccccc4OCC)c(C)cn23)n(C)c1=O. The van der Waals surface area contributed by atoms with Gasteiger partial charge in [0.2, 0.25) is 5.78 Å². The van der Waals surface area contributed by atoms with Gasteiger partial charge in [-0.3, -0.25) is 22.9 Å². The topological polar surface area (TPSA) is 75.5 Å². The van der Waals surface area contributed by atoms with Crippen LogP contribution in [0.4, 0.5) is 0 Å². The van der Waals surface area contributed by atoms with Gasteiger partial charge in [-0.2, -0.15) is 4.98 Å². The molecule has 1 aromatic carbocycles. The summed E-state index contributed by atoms with van der Waals surface area (Å²) in [6, 6.07) is 7.72. The number of fused-ring (bicyclic) bond motifs is 3. The van der Waals surface area contributed by atoms with Crippen LogP contribution in [-0.2, 0) is 13.6 Å². The third-order valence-corrected chi connectivity index (χ3v) is 5.17. The molecule has 0 saturated heterocycles. The molecule has 4 rings (SSSR count). The zero-order valence-electron chi connectivity index (χ0n) is 17.2. The Morgan fingerprint density at radius 3 is 2.62 bits per heavy atom. The maximum absolute atomic E-state index is 13.2. The molecule has 3 heterocycles. The third kappa shape index (κ3) is 2.86. The van der Waals surface area contributed by atoms with Crippen LogP contribution in [0.15, 0.2) is 40.1 Å². The van der Waals surface area contributed by atoms with E-state index < -0.39 is 0 Å². The van der Waals surface area contributed by atoms with Gasteiger partial charge in [0.25, 0.3) is 5.56 Å². The minimum atomic E-state index is -0.338. The molecule has 0 amide bonds. The molecule has 0 aliphatic rings. The highest BCUT2D eigenvalue weighted by atomic mass is 16.5. The Labute approximate surface area is 167 Å². The van der Waals surface area contributed by atoms with Gasteiger partial charge in [-0.25, -0.2) is 4.79 Å². The molecule has 0 atom stereocenters. The maximum Gasteiger partial charge on any atom is 0.332 e. The lowest BCUT2D eigenvalue weighted by atomic mass is 10.3. The van der Waals surface area contributed by atoms with Crippen LogP contribution in [-0.4, -0.2) is 29.7 Å². The molecule has 152 valence electrons. The summed E-state index contributed by atoms with van der Waals surface area (Å²) in [6.45, 7) is 6.87. The monoisotopic (exact) mass is 395 g/mol. The Balaban J connectivity index is 2.07.